The van der Waals surface area contributed by atoms with Gasteiger partial charge >= 0.3 is 0 Å². The molecule has 4 aromatic rings. The van der Waals surface area contributed by atoms with Crippen molar-refractivity contribution in [3.05, 3.63) is 58.7 Å². The first-order chi connectivity index (χ1) is 12.8. The van der Waals surface area contributed by atoms with Gasteiger partial charge in [-0.2, -0.15) is 0 Å². The molecule has 4 heterocycles. The molecule has 26 heavy (non-hydrogen) atoms. The summed E-state index contributed by atoms with van der Waals surface area (Å²) in [7, 11) is 0. The highest BCUT2D eigenvalue weighted by Crippen LogP contribution is 2.34. The Kier molecular flexibility index (Phi) is 4.32. The van der Waals surface area contributed by atoms with E-state index in [1.54, 1.807) is 17.6 Å². The third kappa shape index (κ3) is 3.20. The fraction of sp³-hybridized carbons (Fsp3) is 0.300. The summed E-state index contributed by atoms with van der Waals surface area (Å²) in [5.74, 6) is 1.32. The van der Waals surface area contributed by atoms with Crippen molar-refractivity contribution < 1.29 is 4.42 Å². The van der Waals surface area contributed by atoms with E-state index < -0.39 is 0 Å². The second-order valence-electron chi connectivity index (χ2n) is 6.69. The van der Waals surface area contributed by atoms with Crippen LogP contribution in [0.1, 0.15) is 29.5 Å². The SMILES string of the molecule is c1csc(-c2nc(CN3CCC(c4nc5ccccc5s4)CC3)co2)c1. The van der Waals surface area contributed by atoms with E-state index in [1.165, 1.54) is 9.71 Å². The molecule has 0 aliphatic carbocycles. The fourth-order valence-electron chi connectivity index (χ4n) is 3.52. The van der Waals surface area contributed by atoms with Crippen LogP contribution in [0.3, 0.4) is 0 Å². The van der Waals surface area contributed by atoms with Crippen LogP contribution in [0.4, 0.5) is 0 Å². The summed E-state index contributed by atoms with van der Waals surface area (Å²) >= 11 is 3.51. The summed E-state index contributed by atoms with van der Waals surface area (Å²) in [4.78, 5) is 13.1. The largest absolute Gasteiger partial charge is 0.444 e. The second kappa shape index (κ2) is 6.95. The van der Waals surface area contributed by atoms with Gasteiger partial charge in [0.15, 0.2) is 0 Å². The molecule has 0 unspecified atom stereocenters. The number of rotatable bonds is 4. The molecular formula is C20H19N3OS2. The smallest absolute Gasteiger partial charge is 0.236 e. The van der Waals surface area contributed by atoms with E-state index in [1.807, 2.05) is 28.8 Å². The van der Waals surface area contributed by atoms with E-state index in [-0.39, 0.29) is 0 Å². The predicted octanol–water partition coefficient (Wildman–Crippen LogP) is 5.39. The minimum atomic E-state index is 0.586. The molecule has 6 heteroatoms. The first-order valence-corrected chi connectivity index (χ1v) is 10.6. The molecule has 1 aromatic carbocycles. The maximum absolute atomic E-state index is 5.64. The number of oxazole rings is 1. The number of likely N-dealkylation sites (tertiary alicyclic amines) is 1. The van der Waals surface area contributed by atoms with Crippen LogP contribution < -0.4 is 0 Å². The van der Waals surface area contributed by atoms with Crippen molar-refractivity contribution in [3.63, 3.8) is 0 Å². The number of hydrogen-bond acceptors (Lipinski definition) is 6. The van der Waals surface area contributed by atoms with E-state index in [0.717, 1.165) is 54.5 Å². The minimum absolute atomic E-state index is 0.586. The number of fused-ring (bicyclic) bond motifs is 1. The Morgan fingerprint density at radius 1 is 1.08 bits per heavy atom. The molecule has 4 nitrogen and oxygen atoms in total. The van der Waals surface area contributed by atoms with Crippen LogP contribution in [-0.2, 0) is 6.54 Å². The van der Waals surface area contributed by atoms with Gasteiger partial charge in [0.25, 0.3) is 0 Å². The Morgan fingerprint density at radius 3 is 2.77 bits per heavy atom. The number of thiazole rings is 1. The maximum atomic E-state index is 5.64. The van der Waals surface area contributed by atoms with Crippen molar-refractivity contribution in [2.45, 2.75) is 25.3 Å². The Labute approximate surface area is 160 Å². The van der Waals surface area contributed by atoms with Crippen LogP contribution in [0.2, 0.25) is 0 Å². The lowest BCUT2D eigenvalue weighted by molar-refractivity contribution is 0.202. The molecule has 0 amide bonds. The topological polar surface area (TPSA) is 42.2 Å². The summed E-state index contributed by atoms with van der Waals surface area (Å²) in [5.41, 5.74) is 2.16. The zero-order valence-electron chi connectivity index (χ0n) is 14.3. The number of thiophene rings is 1. The van der Waals surface area contributed by atoms with Gasteiger partial charge in [0.2, 0.25) is 5.89 Å². The summed E-state index contributed by atoms with van der Waals surface area (Å²) in [6.07, 6.45) is 4.12. The van der Waals surface area contributed by atoms with E-state index in [2.05, 4.69) is 34.1 Å². The van der Waals surface area contributed by atoms with Gasteiger partial charge in [0.05, 0.1) is 25.8 Å². The first-order valence-electron chi connectivity index (χ1n) is 8.91. The van der Waals surface area contributed by atoms with E-state index in [4.69, 9.17) is 9.40 Å². The fourth-order valence-corrected chi connectivity index (χ4v) is 5.32. The number of nitrogens with zero attached hydrogens (tertiary/aromatic N) is 3. The zero-order valence-corrected chi connectivity index (χ0v) is 15.9. The van der Waals surface area contributed by atoms with Crippen LogP contribution in [0.15, 0.2) is 52.5 Å². The summed E-state index contributed by atoms with van der Waals surface area (Å²) in [5, 5.41) is 3.35. The second-order valence-corrected chi connectivity index (χ2v) is 8.70. The average molecular weight is 382 g/mol. The summed E-state index contributed by atoms with van der Waals surface area (Å²) in [6, 6.07) is 12.5. The van der Waals surface area contributed by atoms with Crippen molar-refractivity contribution in [2.24, 2.45) is 0 Å². The molecule has 132 valence electrons. The lowest BCUT2D eigenvalue weighted by atomic mass is 9.97. The van der Waals surface area contributed by atoms with Crippen molar-refractivity contribution >= 4 is 32.9 Å². The van der Waals surface area contributed by atoms with Crippen molar-refractivity contribution in [1.29, 1.82) is 0 Å². The van der Waals surface area contributed by atoms with Crippen molar-refractivity contribution in [1.82, 2.24) is 14.9 Å². The zero-order chi connectivity index (χ0) is 17.3. The molecule has 0 N–H and O–H groups in total. The van der Waals surface area contributed by atoms with E-state index >= 15 is 0 Å². The summed E-state index contributed by atoms with van der Waals surface area (Å²) < 4.78 is 6.94. The Bertz CT molecular complexity index is 964. The quantitative estimate of drug-likeness (QED) is 0.475. The van der Waals surface area contributed by atoms with E-state index in [0.29, 0.717) is 5.92 Å². The molecular weight excluding hydrogens is 362 g/mol. The van der Waals surface area contributed by atoms with Gasteiger partial charge in [-0.15, -0.1) is 22.7 Å². The third-order valence-electron chi connectivity index (χ3n) is 4.92. The van der Waals surface area contributed by atoms with Gasteiger partial charge in [-0.3, -0.25) is 4.90 Å². The monoisotopic (exact) mass is 381 g/mol. The third-order valence-corrected chi connectivity index (χ3v) is 6.97. The van der Waals surface area contributed by atoms with Crippen LogP contribution in [0.25, 0.3) is 21.0 Å². The van der Waals surface area contributed by atoms with Crippen LogP contribution >= 0.6 is 22.7 Å². The highest BCUT2D eigenvalue weighted by Gasteiger charge is 2.24. The Morgan fingerprint density at radius 2 is 1.96 bits per heavy atom. The maximum Gasteiger partial charge on any atom is 0.236 e. The highest BCUT2D eigenvalue weighted by molar-refractivity contribution is 7.18. The van der Waals surface area contributed by atoms with Crippen LogP contribution in [0, 0.1) is 0 Å². The predicted molar refractivity (Wildman–Crippen MR) is 107 cm³/mol. The molecule has 0 saturated carbocycles. The van der Waals surface area contributed by atoms with Crippen molar-refractivity contribution in [3.8, 4) is 10.8 Å². The molecule has 0 atom stereocenters. The lowest BCUT2D eigenvalue weighted by Gasteiger charge is -2.30. The number of aromatic nitrogens is 2. The standard InChI is InChI=1S/C20H19N3OS2/c1-2-5-17-16(4-1)22-20(26-17)14-7-9-23(10-8-14)12-15-13-24-19(21-15)18-6-3-11-25-18/h1-6,11,13-14H,7-10,12H2. The van der Waals surface area contributed by atoms with E-state index in [9.17, 15) is 0 Å². The molecule has 1 aliphatic heterocycles. The summed E-state index contributed by atoms with van der Waals surface area (Å²) in [6.45, 7) is 3.03. The number of benzene rings is 1. The molecule has 0 bridgehead atoms. The van der Waals surface area contributed by atoms with Crippen LogP contribution in [-0.4, -0.2) is 28.0 Å². The number of hydrogen-bond donors (Lipinski definition) is 0. The minimum Gasteiger partial charge on any atom is -0.444 e. The normalized spacial score (nSPS) is 16.5. The van der Waals surface area contributed by atoms with Gasteiger partial charge in [-0.05, 0) is 49.5 Å². The van der Waals surface area contributed by atoms with Gasteiger partial charge in [-0.1, -0.05) is 18.2 Å². The lowest BCUT2D eigenvalue weighted by Crippen LogP contribution is -2.32. The molecule has 3 aromatic heterocycles. The molecule has 5 rings (SSSR count). The van der Waals surface area contributed by atoms with Gasteiger partial charge < -0.3 is 4.42 Å². The highest BCUT2D eigenvalue weighted by atomic mass is 32.1. The molecule has 1 aliphatic rings. The molecule has 0 radical (unpaired) electrons. The van der Waals surface area contributed by atoms with Gasteiger partial charge in [0.1, 0.15) is 6.26 Å². The van der Waals surface area contributed by atoms with Crippen molar-refractivity contribution in [2.75, 3.05) is 13.1 Å². The van der Waals surface area contributed by atoms with Gasteiger partial charge in [-0.25, -0.2) is 9.97 Å². The molecule has 0 spiro atoms. The Hall–Kier alpha value is -2.02. The molecule has 1 fully saturated rings. The average Bonchev–Trinajstić information content (AvgIpc) is 3.42. The Balaban J connectivity index is 1.22. The number of para-hydroxylation sites is 1. The van der Waals surface area contributed by atoms with Gasteiger partial charge in [0, 0.05) is 12.5 Å². The molecule has 1 saturated heterocycles. The number of piperidine rings is 1. The first kappa shape index (κ1) is 16.2. The van der Waals surface area contributed by atoms with Crippen LogP contribution in [0.5, 0.6) is 0 Å².